The summed E-state index contributed by atoms with van der Waals surface area (Å²) in [6, 6.07) is 2.36. The van der Waals surface area contributed by atoms with Gasteiger partial charge >= 0.3 is 0 Å². The Morgan fingerprint density at radius 2 is 2.33 bits per heavy atom. The van der Waals surface area contributed by atoms with Crippen LogP contribution in [-0.4, -0.2) is 28.1 Å². The Balaban J connectivity index is 1.82. The van der Waals surface area contributed by atoms with Gasteiger partial charge in [0, 0.05) is 0 Å². The van der Waals surface area contributed by atoms with Gasteiger partial charge in [0.2, 0.25) is 0 Å². The van der Waals surface area contributed by atoms with E-state index in [9.17, 15) is 0 Å². The fourth-order valence-corrected chi connectivity index (χ4v) is 3.40. The van der Waals surface area contributed by atoms with Gasteiger partial charge in [-0.3, -0.25) is 0 Å². The van der Waals surface area contributed by atoms with Crippen molar-refractivity contribution in [1.29, 1.82) is 0 Å². The molecular formula is C12H15ClN4S. The summed E-state index contributed by atoms with van der Waals surface area (Å²) >= 11 is 7.73. The van der Waals surface area contributed by atoms with E-state index in [1.165, 1.54) is 6.42 Å². The second-order valence-corrected chi connectivity index (χ2v) is 5.84. The lowest BCUT2D eigenvalue weighted by molar-refractivity contribution is 0.405. The summed E-state index contributed by atoms with van der Waals surface area (Å²) in [6.07, 6.45) is 5.49. The van der Waals surface area contributed by atoms with Crippen molar-refractivity contribution in [2.24, 2.45) is 0 Å². The average Bonchev–Trinajstić information content (AvgIpc) is 2.91. The first-order valence-corrected chi connectivity index (χ1v) is 7.46. The molecule has 0 aliphatic carbocycles. The van der Waals surface area contributed by atoms with E-state index in [-0.39, 0.29) is 0 Å². The lowest BCUT2D eigenvalue weighted by Crippen LogP contribution is -2.15. The second-order valence-electron chi connectivity index (χ2n) is 4.52. The highest BCUT2D eigenvalue weighted by Gasteiger charge is 2.17. The quantitative estimate of drug-likeness (QED) is 0.921. The summed E-state index contributed by atoms with van der Waals surface area (Å²) in [5.74, 6) is 0. The van der Waals surface area contributed by atoms with E-state index in [2.05, 4.69) is 15.6 Å². The van der Waals surface area contributed by atoms with Crippen LogP contribution in [-0.2, 0) is 0 Å². The number of hydrogen-bond donors (Lipinski definition) is 1. The summed E-state index contributed by atoms with van der Waals surface area (Å²) in [5.41, 5.74) is 0.882. The SMILES string of the molecule is Clc1ccsc1-c1cn(C2CCCNCC2)nn1. The predicted molar refractivity (Wildman–Crippen MR) is 74.1 cm³/mol. The van der Waals surface area contributed by atoms with Crippen molar-refractivity contribution in [2.45, 2.75) is 25.3 Å². The highest BCUT2D eigenvalue weighted by molar-refractivity contribution is 7.14. The maximum absolute atomic E-state index is 6.12. The first kappa shape index (κ1) is 12.1. The highest BCUT2D eigenvalue weighted by Crippen LogP contribution is 2.32. The normalized spacial score (nSPS) is 20.8. The van der Waals surface area contributed by atoms with Gasteiger partial charge in [-0.25, -0.2) is 4.68 Å². The average molecular weight is 283 g/mol. The Labute approximate surface area is 115 Å². The minimum Gasteiger partial charge on any atom is -0.317 e. The number of rotatable bonds is 2. The van der Waals surface area contributed by atoms with Crippen molar-refractivity contribution in [3.05, 3.63) is 22.7 Å². The van der Waals surface area contributed by atoms with E-state index >= 15 is 0 Å². The van der Waals surface area contributed by atoms with Gasteiger partial charge in [-0.2, -0.15) is 0 Å². The van der Waals surface area contributed by atoms with E-state index in [4.69, 9.17) is 11.6 Å². The van der Waals surface area contributed by atoms with Crippen LogP contribution in [0.5, 0.6) is 0 Å². The third-order valence-corrected chi connectivity index (χ3v) is 4.64. The van der Waals surface area contributed by atoms with E-state index in [0.717, 1.165) is 41.5 Å². The molecule has 1 aliphatic heterocycles. The molecule has 0 spiro atoms. The molecule has 96 valence electrons. The Morgan fingerprint density at radius 3 is 3.17 bits per heavy atom. The fourth-order valence-electron chi connectivity index (χ4n) is 2.30. The molecule has 6 heteroatoms. The first-order valence-electron chi connectivity index (χ1n) is 6.20. The van der Waals surface area contributed by atoms with E-state index < -0.39 is 0 Å². The number of halogens is 1. The lowest BCUT2D eigenvalue weighted by Gasteiger charge is -2.12. The van der Waals surface area contributed by atoms with Crippen molar-refractivity contribution in [2.75, 3.05) is 13.1 Å². The van der Waals surface area contributed by atoms with Crippen LogP contribution in [0.3, 0.4) is 0 Å². The van der Waals surface area contributed by atoms with Gasteiger partial charge in [0.05, 0.1) is 22.1 Å². The predicted octanol–water partition coefficient (Wildman–Crippen LogP) is 2.97. The third kappa shape index (κ3) is 2.43. The molecule has 0 bridgehead atoms. The number of nitrogens with zero attached hydrogens (tertiary/aromatic N) is 3. The van der Waals surface area contributed by atoms with Gasteiger partial charge in [0.15, 0.2) is 0 Å². The maximum Gasteiger partial charge on any atom is 0.124 e. The van der Waals surface area contributed by atoms with E-state index in [0.29, 0.717) is 6.04 Å². The van der Waals surface area contributed by atoms with Gasteiger partial charge < -0.3 is 5.32 Å². The molecule has 1 atom stereocenters. The zero-order valence-electron chi connectivity index (χ0n) is 9.97. The molecular weight excluding hydrogens is 268 g/mol. The molecule has 1 unspecified atom stereocenters. The standard InChI is InChI=1S/C12H15ClN4S/c13-10-4-7-18-12(10)11-8-17(16-15-11)9-2-1-5-14-6-3-9/h4,7-9,14H,1-3,5-6H2. The molecule has 1 fully saturated rings. The number of aromatic nitrogens is 3. The zero-order chi connectivity index (χ0) is 12.4. The lowest BCUT2D eigenvalue weighted by atomic mass is 10.1. The second kappa shape index (κ2) is 5.38. The van der Waals surface area contributed by atoms with Crippen LogP contribution in [0.2, 0.25) is 5.02 Å². The van der Waals surface area contributed by atoms with Crippen LogP contribution in [0.1, 0.15) is 25.3 Å². The molecule has 3 rings (SSSR count). The van der Waals surface area contributed by atoms with Crippen molar-refractivity contribution in [3.63, 3.8) is 0 Å². The van der Waals surface area contributed by atoms with Gasteiger partial charge in [0.1, 0.15) is 5.69 Å². The van der Waals surface area contributed by atoms with Crippen LogP contribution < -0.4 is 5.32 Å². The molecule has 3 heterocycles. The summed E-state index contributed by atoms with van der Waals surface area (Å²) in [4.78, 5) is 1.01. The van der Waals surface area contributed by atoms with Crippen molar-refractivity contribution < 1.29 is 0 Å². The summed E-state index contributed by atoms with van der Waals surface area (Å²) in [5, 5.41) is 14.7. The Kier molecular flexibility index (Phi) is 3.63. The molecule has 0 radical (unpaired) electrons. The monoisotopic (exact) mass is 282 g/mol. The third-order valence-electron chi connectivity index (χ3n) is 3.28. The number of thiophene rings is 1. The molecule has 2 aromatic rings. The molecule has 1 saturated heterocycles. The van der Waals surface area contributed by atoms with Crippen LogP contribution in [0.4, 0.5) is 0 Å². The smallest absolute Gasteiger partial charge is 0.124 e. The Hall–Kier alpha value is -0.910. The minimum absolute atomic E-state index is 0.458. The Morgan fingerprint density at radius 1 is 1.39 bits per heavy atom. The molecule has 4 nitrogen and oxygen atoms in total. The van der Waals surface area contributed by atoms with Crippen molar-refractivity contribution in [1.82, 2.24) is 20.3 Å². The van der Waals surface area contributed by atoms with Gasteiger partial charge in [-0.1, -0.05) is 16.8 Å². The summed E-state index contributed by atoms with van der Waals surface area (Å²) in [6.45, 7) is 2.16. The topological polar surface area (TPSA) is 42.7 Å². The van der Waals surface area contributed by atoms with Crippen LogP contribution >= 0.6 is 22.9 Å². The van der Waals surface area contributed by atoms with Gasteiger partial charge in [0.25, 0.3) is 0 Å². The van der Waals surface area contributed by atoms with Crippen LogP contribution in [0.25, 0.3) is 10.6 Å². The fraction of sp³-hybridized carbons (Fsp3) is 0.500. The van der Waals surface area contributed by atoms with E-state index in [1.807, 2.05) is 22.3 Å². The van der Waals surface area contributed by atoms with Crippen LogP contribution in [0, 0.1) is 0 Å². The highest BCUT2D eigenvalue weighted by atomic mass is 35.5. The maximum atomic E-state index is 6.12. The van der Waals surface area contributed by atoms with Crippen molar-refractivity contribution >= 4 is 22.9 Å². The largest absolute Gasteiger partial charge is 0.317 e. The molecule has 0 aromatic carbocycles. The number of hydrogen-bond acceptors (Lipinski definition) is 4. The molecule has 0 saturated carbocycles. The summed E-state index contributed by atoms with van der Waals surface area (Å²) < 4.78 is 2.00. The molecule has 18 heavy (non-hydrogen) atoms. The molecule has 2 aromatic heterocycles. The molecule has 0 amide bonds. The van der Waals surface area contributed by atoms with Gasteiger partial charge in [-0.05, 0) is 43.8 Å². The van der Waals surface area contributed by atoms with Gasteiger partial charge in [-0.15, -0.1) is 16.4 Å². The summed E-state index contributed by atoms with van der Waals surface area (Å²) in [7, 11) is 0. The molecule has 1 N–H and O–H groups in total. The molecule has 1 aliphatic rings. The number of nitrogens with one attached hydrogen (secondary N) is 1. The van der Waals surface area contributed by atoms with E-state index in [1.54, 1.807) is 11.3 Å². The van der Waals surface area contributed by atoms with Crippen molar-refractivity contribution in [3.8, 4) is 10.6 Å². The Bertz CT molecular complexity index is 514. The minimum atomic E-state index is 0.458. The first-order chi connectivity index (χ1) is 8.84. The van der Waals surface area contributed by atoms with Crippen LogP contribution in [0.15, 0.2) is 17.6 Å². The zero-order valence-corrected chi connectivity index (χ0v) is 11.5.